The number of piperidine rings is 1. The maximum atomic E-state index is 12.6. The fourth-order valence-corrected chi connectivity index (χ4v) is 5.04. The number of hydrogen-bond acceptors (Lipinski definition) is 5. The molecule has 1 fully saturated rings. The summed E-state index contributed by atoms with van der Waals surface area (Å²) in [5.74, 6) is 0.253. The largest absolute Gasteiger partial charge is 0.492 e. The van der Waals surface area contributed by atoms with Crippen molar-refractivity contribution >= 4 is 16.0 Å². The molecule has 2 aromatic rings. The van der Waals surface area contributed by atoms with E-state index >= 15 is 0 Å². The zero-order valence-corrected chi connectivity index (χ0v) is 15.7. The van der Waals surface area contributed by atoms with Crippen molar-refractivity contribution in [2.75, 3.05) is 25.4 Å². The standard InChI is InChI=1S/C20H21NO5S/c22-19-17-8-4-5-9-18(17)20(26-19)10-12-21(13-11-20)27(23,24)15-14-25-16-6-2-1-3-7-16/h1-9H,10-15H2. The van der Waals surface area contributed by atoms with Crippen molar-refractivity contribution in [2.45, 2.75) is 18.4 Å². The van der Waals surface area contributed by atoms with Gasteiger partial charge in [-0.3, -0.25) is 0 Å². The Bertz CT molecular complexity index is 934. The molecule has 0 amide bonds. The van der Waals surface area contributed by atoms with Crippen molar-refractivity contribution in [3.8, 4) is 5.75 Å². The van der Waals surface area contributed by atoms with Gasteiger partial charge in [0.25, 0.3) is 0 Å². The van der Waals surface area contributed by atoms with Crippen LogP contribution in [0.15, 0.2) is 54.6 Å². The highest BCUT2D eigenvalue weighted by Crippen LogP contribution is 2.44. The molecule has 2 heterocycles. The molecule has 4 rings (SSSR count). The predicted molar refractivity (Wildman–Crippen MR) is 100 cm³/mol. The minimum Gasteiger partial charge on any atom is -0.492 e. The summed E-state index contributed by atoms with van der Waals surface area (Å²) in [5.41, 5.74) is 0.768. The van der Waals surface area contributed by atoms with Crippen molar-refractivity contribution < 1.29 is 22.7 Å². The van der Waals surface area contributed by atoms with Crippen LogP contribution in [0.4, 0.5) is 0 Å². The zero-order chi connectivity index (χ0) is 18.9. The Balaban J connectivity index is 1.38. The lowest BCUT2D eigenvalue weighted by Crippen LogP contribution is -2.46. The van der Waals surface area contributed by atoms with Crippen molar-refractivity contribution in [3.05, 3.63) is 65.7 Å². The Morgan fingerprint density at radius 1 is 1.00 bits per heavy atom. The van der Waals surface area contributed by atoms with Crippen molar-refractivity contribution in [1.82, 2.24) is 4.31 Å². The minimum absolute atomic E-state index is 0.0781. The van der Waals surface area contributed by atoms with Crippen LogP contribution in [0, 0.1) is 0 Å². The number of benzene rings is 2. The second-order valence-electron chi connectivity index (χ2n) is 6.81. The number of fused-ring (bicyclic) bond motifs is 2. The van der Waals surface area contributed by atoms with Crippen LogP contribution < -0.4 is 4.74 Å². The molecule has 0 atom stereocenters. The second-order valence-corrected chi connectivity index (χ2v) is 8.89. The molecule has 2 aromatic carbocycles. The molecule has 1 spiro atoms. The number of sulfonamides is 1. The summed E-state index contributed by atoms with van der Waals surface area (Å²) < 4.78 is 37.9. The van der Waals surface area contributed by atoms with Crippen LogP contribution in [0.5, 0.6) is 5.75 Å². The molecule has 0 bridgehead atoms. The van der Waals surface area contributed by atoms with E-state index in [2.05, 4.69) is 0 Å². The predicted octanol–water partition coefficient (Wildman–Crippen LogP) is 2.56. The lowest BCUT2D eigenvalue weighted by atomic mass is 9.84. The van der Waals surface area contributed by atoms with E-state index < -0.39 is 15.6 Å². The van der Waals surface area contributed by atoms with Gasteiger partial charge in [0, 0.05) is 31.5 Å². The number of ether oxygens (including phenoxy) is 2. The monoisotopic (exact) mass is 387 g/mol. The number of esters is 1. The van der Waals surface area contributed by atoms with Gasteiger partial charge in [0.1, 0.15) is 18.0 Å². The normalized spacial score (nSPS) is 18.9. The molecule has 2 aliphatic heterocycles. The van der Waals surface area contributed by atoms with Crippen LogP contribution in [0.2, 0.25) is 0 Å². The van der Waals surface area contributed by atoms with Gasteiger partial charge in [0.05, 0.1) is 11.3 Å². The van der Waals surface area contributed by atoms with Crippen LogP contribution in [-0.4, -0.2) is 44.1 Å². The average molecular weight is 387 g/mol. The third-order valence-corrected chi connectivity index (χ3v) is 7.04. The smallest absolute Gasteiger partial charge is 0.339 e. The lowest BCUT2D eigenvalue weighted by Gasteiger charge is -2.37. The van der Waals surface area contributed by atoms with Gasteiger partial charge in [-0.25, -0.2) is 17.5 Å². The Morgan fingerprint density at radius 2 is 1.67 bits per heavy atom. The second kappa shape index (κ2) is 6.98. The van der Waals surface area contributed by atoms with Gasteiger partial charge in [0.2, 0.25) is 10.0 Å². The SMILES string of the molecule is O=C1OC2(CCN(S(=O)(=O)CCOc3ccccc3)CC2)c2ccccc21. The fourth-order valence-electron chi connectivity index (χ4n) is 3.75. The molecule has 0 aromatic heterocycles. The molecule has 0 saturated carbocycles. The first-order chi connectivity index (χ1) is 13.0. The van der Waals surface area contributed by atoms with Crippen molar-refractivity contribution in [1.29, 1.82) is 0 Å². The van der Waals surface area contributed by atoms with Gasteiger partial charge < -0.3 is 9.47 Å². The summed E-state index contributed by atoms with van der Waals surface area (Å²) in [6.07, 6.45) is 0.934. The lowest BCUT2D eigenvalue weighted by molar-refractivity contribution is -0.0329. The number of carbonyl (C=O) groups excluding carboxylic acids is 1. The molecule has 6 nitrogen and oxygen atoms in total. The average Bonchev–Trinajstić information content (AvgIpc) is 2.95. The Hall–Kier alpha value is -2.38. The Labute approximate surface area is 158 Å². The number of carbonyl (C=O) groups is 1. The first kappa shape index (κ1) is 18.0. The van der Waals surface area contributed by atoms with E-state index in [0.717, 1.165) is 5.56 Å². The van der Waals surface area contributed by atoms with E-state index in [9.17, 15) is 13.2 Å². The van der Waals surface area contributed by atoms with E-state index in [-0.39, 0.29) is 18.3 Å². The Morgan fingerprint density at radius 3 is 2.41 bits per heavy atom. The summed E-state index contributed by atoms with van der Waals surface area (Å²) in [7, 11) is -3.42. The first-order valence-corrected chi connectivity index (χ1v) is 10.6. The van der Waals surface area contributed by atoms with Gasteiger partial charge in [0.15, 0.2) is 0 Å². The van der Waals surface area contributed by atoms with Crippen molar-refractivity contribution in [3.63, 3.8) is 0 Å². The maximum Gasteiger partial charge on any atom is 0.339 e. The van der Waals surface area contributed by atoms with Crippen LogP contribution in [0.25, 0.3) is 0 Å². The molecule has 0 N–H and O–H groups in total. The zero-order valence-electron chi connectivity index (χ0n) is 14.8. The van der Waals surface area contributed by atoms with Gasteiger partial charge in [-0.15, -0.1) is 0 Å². The molecular weight excluding hydrogens is 366 g/mol. The Kier molecular flexibility index (Phi) is 4.65. The maximum absolute atomic E-state index is 12.6. The van der Waals surface area contributed by atoms with Crippen molar-refractivity contribution in [2.24, 2.45) is 0 Å². The molecule has 27 heavy (non-hydrogen) atoms. The number of nitrogens with zero attached hydrogens (tertiary/aromatic N) is 1. The first-order valence-electron chi connectivity index (χ1n) is 8.99. The summed E-state index contributed by atoms with van der Waals surface area (Å²) in [5, 5.41) is 0. The van der Waals surface area contributed by atoms with E-state index in [0.29, 0.717) is 37.2 Å². The number of rotatable bonds is 5. The van der Waals surface area contributed by atoms with Crippen LogP contribution in [-0.2, 0) is 20.4 Å². The van der Waals surface area contributed by atoms with E-state index in [1.165, 1.54) is 4.31 Å². The highest BCUT2D eigenvalue weighted by atomic mass is 32.2. The summed E-state index contributed by atoms with van der Waals surface area (Å²) in [6.45, 7) is 0.760. The molecule has 142 valence electrons. The van der Waals surface area contributed by atoms with Gasteiger partial charge in [-0.1, -0.05) is 36.4 Å². The highest BCUT2D eigenvalue weighted by Gasteiger charge is 2.48. The summed E-state index contributed by atoms with van der Waals surface area (Å²) in [4.78, 5) is 12.1. The molecule has 0 unspecified atom stereocenters. The minimum atomic E-state index is -3.42. The van der Waals surface area contributed by atoms with Crippen LogP contribution in [0.1, 0.15) is 28.8 Å². The summed E-state index contributed by atoms with van der Waals surface area (Å²) >= 11 is 0. The van der Waals surface area contributed by atoms with E-state index in [1.807, 2.05) is 36.4 Å². The molecule has 1 saturated heterocycles. The quantitative estimate of drug-likeness (QED) is 0.738. The number of para-hydroxylation sites is 1. The third kappa shape index (κ3) is 3.44. The van der Waals surface area contributed by atoms with E-state index in [1.54, 1.807) is 18.2 Å². The fraction of sp³-hybridized carbons (Fsp3) is 0.350. The highest BCUT2D eigenvalue weighted by molar-refractivity contribution is 7.89. The summed E-state index contributed by atoms with van der Waals surface area (Å²) in [6, 6.07) is 16.5. The van der Waals surface area contributed by atoms with Gasteiger partial charge in [-0.2, -0.15) is 0 Å². The van der Waals surface area contributed by atoms with Gasteiger partial charge >= 0.3 is 5.97 Å². The molecule has 7 heteroatoms. The van der Waals surface area contributed by atoms with E-state index in [4.69, 9.17) is 9.47 Å². The third-order valence-electron chi connectivity index (χ3n) is 5.20. The van der Waals surface area contributed by atoms with Crippen LogP contribution in [0.3, 0.4) is 0 Å². The van der Waals surface area contributed by atoms with Crippen LogP contribution >= 0.6 is 0 Å². The molecule has 0 radical (unpaired) electrons. The topological polar surface area (TPSA) is 72.9 Å². The number of hydrogen-bond donors (Lipinski definition) is 0. The van der Waals surface area contributed by atoms with Gasteiger partial charge in [-0.05, 0) is 18.2 Å². The molecular formula is C20H21NO5S. The molecule has 2 aliphatic rings. The molecule has 0 aliphatic carbocycles.